The van der Waals surface area contributed by atoms with Crippen LogP contribution in [-0.2, 0) is 6.42 Å². The number of hydrogen-bond acceptors (Lipinski definition) is 2. The summed E-state index contributed by atoms with van der Waals surface area (Å²) in [5.74, 6) is -0.105. The lowest BCUT2D eigenvalue weighted by Crippen LogP contribution is -2.12. The molecule has 0 spiro atoms. The minimum Gasteiger partial charge on any atom is -0.258 e. The second kappa shape index (κ2) is 5.39. The molecule has 1 aromatic carbocycles. The lowest BCUT2D eigenvalue weighted by molar-refractivity contribution is -0.385. The zero-order valence-corrected chi connectivity index (χ0v) is 10.7. The Kier molecular flexibility index (Phi) is 4.41. The van der Waals surface area contributed by atoms with Crippen molar-refractivity contribution >= 4 is 21.6 Å². The quantitative estimate of drug-likeness (QED) is 0.482. The van der Waals surface area contributed by atoms with Gasteiger partial charge in [-0.15, -0.1) is 0 Å². The zero-order chi connectivity index (χ0) is 12.3. The van der Waals surface area contributed by atoms with Gasteiger partial charge in [0, 0.05) is 16.5 Å². The summed E-state index contributed by atoms with van der Waals surface area (Å²) in [7, 11) is 0. The van der Waals surface area contributed by atoms with Crippen molar-refractivity contribution in [2.45, 2.75) is 25.1 Å². The van der Waals surface area contributed by atoms with Gasteiger partial charge in [-0.2, -0.15) is 0 Å². The van der Waals surface area contributed by atoms with E-state index in [9.17, 15) is 14.5 Å². The Balaban J connectivity index is 3.01. The first kappa shape index (κ1) is 13.1. The molecule has 0 saturated carbocycles. The van der Waals surface area contributed by atoms with Crippen LogP contribution in [0.2, 0.25) is 0 Å². The van der Waals surface area contributed by atoms with Crippen LogP contribution < -0.4 is 0 Å². The monoisotopic (exact) mass is 289 g/mol. The van der Waals surface area contributed by atoms with Gasteiger partial charge in [-0.25, -0.2) is 4.39 Å². The highest BCUT2D eigenvalue weighted by Gasteiger charge is 2.18. The molecule has 0 aliphatic rings. The minimum atomic E-state index is -0.477. The molecule has 0 N–H and O–H groups in total. The molecule has 16 heavy (non-hydrogen) atoms. The van der Waals surface area contributed by atoms with E-state index >= 15 is 0 Å². The Morgan fingerprint density at radius 3 is 2.62 bits per heavy atom. The first-order valence-electron chi connectivity index (χ1n) is 4.98. The number of nitro benzene ring substituents is 1. The molecule has 0 bridgehead atoms. The fraction of sp³-hybridized carbons (Fsp3) is 0.455. The summed E-state index contributed by atoms with van der Waals surface area (Å²) in [4.78, 5) is 10.4. The molecule has 0 aromatic heterocycles. The fourth-order valence-electron chi connectivity index (χ4n) is 1.34. The standard InChI is InChI=1S/C11H13BrFNO2/c1-7(2)10(12)6-8-5-9(13)3-4-11(8)14(15)16/h3-5,7,10H,6H2,1-2H3. The molecule has 0 fully saturated rings. The summed E-state index contributed by atoms with van der Waals surface area (Å²) >= 11 is 3.44. The molecule has 1 aromatic rings. The van der Waals surface area contributed by atoms with Crippen LogP contribution >= 0.6 is 15.9 Å². The highest BCUT2D eigenvalue weighted by molar-refractivity contribution is 9.09. The number of alkyl halides is 1. The Bertz CT molecular complexity index is 396. The van der Waals surface area contributed by atoms with Crippen molar-refractivity contribution in [2.75, 3.05) is 0 Å². The molecular formula is C11H13BrFNO2. The first-order valence-corrected chi connectivity index (χ1v) is 5.90. The van der Waals surface area contributed by atoms with Gasteiger partial charge >= 0.3 is 0 Å². The van der Waals surface area contributed by atoms with Gasteiger partial charge in [0.15, 0.2) is 0 Å². The molecule has 5 heteroatoms. The summed E-state index contributed by atoms with van der Waals surface area (Å²) in [6.45, 7) is 4.01. The van der Waals surface area contributed by atoms with E-state index in [1.54, 1.807) is 0 Å². The van der Waals surface area contributed by atoms with Gasteiger partial charge in [0.1, 0.15) is 5.82 Å². The average molecular weight is 290 g/mol. The van der Waals surface area contributed by atoms with Crippen LogP contribution in [-0.4, -0.2) is 9.75 Å². The summed E-state index contributed by atoms with van der Waals surface area (Å²) in [6.07, 6.45) is 0.450. The van der Waals surface area contributed by atoms with Crippen molar-refractivity contribution in [3.05, 3.63) is 39.7 Å². The molecule has 3 nitrogen and oxygen atoms in total. The van der Waals surface area contributed by atoms with Crippen LogP contribution in [0.4, 0.5) is 10.1 Å². The average Bonchev–Trinajstić information content (AvgIpc) is 2.16. The van der Waals surface area contributed by atoms with Gasteiger partial charge in [0.25, 0.3) is 5.69 Å². The van der Waals surface area contributed by atoms with Gasteiger partial charge in [-0.05, 0) is 24.5 Å². The van der Waals surface area contributed by atoms with Crippen molar-refractivity contribution < 1.29 is 9.31 Å². The molecule has 0 aliphatic carbocycles. The lowest BCUT2D eigenvalue weighted by atomic mass is 10.0. The fourth-order valence-corrected chi connectivity index (χ4v) is 1.69. The van der Waals surface area contributed by atoms with E-state index in [0.29, 0.717) is 17.9 Å². The molecule has 1 rings (SSSR count). The summed E-state index contributed by atoms with van der Waals surface area (Å²) < 4.78 is 13.0. The molecule has 1 unspecified atom stereocenters. The first-order chi connectivity index (χ1) is 7.41. The van der Waals surface area contributed by atoms with E-state index in [2.05, 4.69) is 15.9 Å². The SMILES string of the molecule is CC(C)C(Br)Cc1cc(F)ccc1[N+](=O)[O-]. The smallest absolute Gasteiger partial charge is 0.258 e. The van der Waals surface area contributed by atoms with Crippen LogP contribution in [0.15, 0.2) is 18.2 Å². The largest absolute Gasteiger partial charge is 0.272 e. The second-order valence-electron chi connectivity index (χ2n) is 3.99. The van der Waals surface area contributed by atoms with Crippen molar-refractivity contribution in [1.29, 1.82) is 0 Å². The Morgan fingerprint density at radius 2 is 2.12 bits per heavy atom. The van der Waals surface area contributed by atoms with E-state index in [4.69, 9.17) is 0 Å². The molecule has 0 saturated heterocycles. The lowest BCUT2D eigenvalue weighted by Gasteiger charge is -2.13. The third-order valence-corrected chi connectivity index (χ3v) is 3.76. The summed E-state index contributed by atoms with van der Waals surface area (Å²) in [5.41, 5.74) is 0.409. The molecule has 1 atom stereocenters. The topological polar surface area (TPSA) is 43.1 Å². The van der Waals surface area contributed by atoms with Crippen LogP contribution in [0.25, 0.3) is 0 Å². The second-order valence-corrected chi connectivity index (χ2v) is 5.17. The maximum absolute atomic E-state index is 13.0. The highest BCUT2D eigenvalue weighted by Crippen LogP contribution is 2.25. The van der Waals surface area contributed by atoms with E-state index < -0.39 is 10.7 Å². The van der Waals surface area contributed by atoms with Gasteiger partial charge < -0.3 is 0 Å². The summed E-state index contributed by atoms with van der Waals surface area (Å²) in [5, 5.41) is 10.8. The number of nitro groups is 1. The van der Waals surface area contributed by atoms with Crippen molar-refractivity contribution in [1.82, 2.24) is 0 Å². The Hall–Kier alpha value is -0.970. The molecular weight excluding hydrogens is 277 g/mol. The zero-order valence-electron chi connectivity index (χ0n) is 9.11. The van der Waals surface area contributed by atoms with Crippen LogP contribution in [0.5, 0.6) is 0 Å². The maximum atomic E-state index is 13.0. The van der Waals surface area contributed by atoms with E-state index in [1.807, 2.05) is 13.8 Å². The third kappa shape index (κ3) is 3.27. The normalized spacial score (nSPS) is 12.8. The molecule has 0 radical (unpaired) electrons. The van der Waals surface area contributed by atoms with Gasteiger partial charge in [0.2, 0.25) is 0 Å². The summed E-state index contributed by atoms with van der Waals surface area (Å²) in [6, 6.07) is 3.56. The van der Waals surface area contributed by atoms with Gasteiger partial charge in [0.05, 0.1) is 4.92 Å². The Labute approximate surface area is 102 Å². The molecule has 88 valence electrons. The molecule has 0 aliphatic heterocycles. The third-order valence-electron chi connectivity index (χ3n) is 2.38. The van der Waals surface area contributed by atoms with E-state index in [1.165, 1.54) is 12.1 Å². The highest BCUT2D eigenvalue weighted by atomic mass is 79.9. The number of halogens is 2. The van der Waals surface area contributed by atoms with Crippen LogP contribution in [0.3, 0.4) is 0 Å². The Morgan fingerprint density at radius 1 is 1.50 bits per heavy atom. The van der Waals surface area contributed by atoms with Crippen molar-refractivity contribution in [3.8, 4) is 0 Å². The van der Waals surface area contributed by atoms with E-state index in [0.717, 1.165) is 6.07 Å². The van der Waals surface area contributed by atoms with Crippen molar-refractivity contribution in [3.63, 3.8) is 0 Å². The van der Waals surface area contributed by atoms with Crippen LogP contribution in [0, 0.1) is 21.8 Å². The minimum absolute atomic E-state index is 0.0218. The van der Waals surface area contributed by atoms with E-state index in [-0.39, 0.29) is 10.5 Å². The predicted octanol–water partition coefficient (Wildman–Crippen LogP) is 3.70. The predicted molar refractivity (Wildman–Crippen MR) is 64.3 cm³/mol. The van der Waals surface area contributed by atoms with Gasteiger partial charge in [-0.3, -0.25) is 10.1 Å². The van der Waals surface area contributed by atoms with Crippen molar-refractivity contribution in [2.24, 2.45) is 5.92 Å². The van der Waals surface area contributed by atoms with Gasteiger partial charge in [-0.1, -0.05) is 29.8 Å². The number of rotatable bonds is 4. The molecule has 0 heterocycles. The number of hydrogen-bond donors (Lipinski definition) is 0. The number of nitrogens with zero attached hydrogens (tertiary/aromatic N) is 1. The molecule has 0 amide bonds. The van der Waals surface area contributed by atoms with Crippen LogP contribution in [0.1, 0.15) is 19.4 Å². The maximum Gasteiger partial charge on any atom is 0.272 e. The number of benzene rings is 1.